The van der Waals surface area contributed by atoms with Crippen molar-refractivity contribution in [3.8, 4) is 0 Å². The number of amidine groups is 1. The fourth-order valence-corrected chi connectivity index (χ4v) is 2.26. The second kappa shape index (κ2) is 7.19. The summed E-state index contributed by atoms with van der Waals surface area (Å²) in [5.74, 6) is 0.0173. The van der Waals surface area contributed by atoms with Crippen LogP contribution in [-0.4, -0.2) is 16.0 Å². The molecular weight excluding hydrogens is 332 g/mol. The Bertz CT molecular complexity index is 628. The van der Waals surface area contributed by atoms with Crippen LogP contribution in [-0.2, 0) is 6.54 Å². The molecule has 0 amide bonds. The van der Waals surface area contributed by atoms with Gasteiger partial charge >= 0.3 is 0 Å². The van der Waals surface area contributed by atoms with E-state index in [0.29, 0.717) is 12.2 Å². The van der Waals surface area contributed by atoms with E-state index >= 15 is 0 Å². The molecule has 6 heteroatoms. The number of benzene rings is 1. The van der Waals surface area contributed by atoms with Crippen molar-refractivity contribution in [2.75, 3.05) is 0 Å². The van der Waals surface area contributed by atoms with Crippen molar-refractivity contribution in [1.29, 1.82) is 0 Å². The normalized spacial score (nSPS) is 13.1. The van der Waals surface area contributed by atoms with Gasteiger partial charge in [0, 0.05) is 23.3 Å². The van der Waals surface area contributed by atoms with Crippen molar-refractivity contribution in [1.82, 2.24) is 10.3 Å². The van der Waals surface area contributed by atoms with Gasteiger partial charge in [-0.2, -0.15) is 0 Å². The second-order valence-corrected chi connectivity index (χ2v) is 5.57. The minimum atomic E-state index is 0.0173. The monoisotopic (exact) mass is 348 g/mol. The summed E-state index contributed by atoms with van der Waals surface area (Å²) in [5.41, 5.74) is 8.20. The minimum absolute atomic E-state index is 0.0173. The van der Waals surface area contributed by atoms with Gasteiger partial charge in [-0.3, -0.25) is 4.98 Å². The molecule has 0 bridgehead atoms. The lowest BCUT2D eigenvalue weighted by Crippen LogP contribution is -2.23. The molecule has 1 aromatic heterocycles. The largest absolute Gasteiger partial charge is 0.409 e. The molecule has 1 aromatic carbocycles. The summed E-state index contributed by atoms with van der Waals surface area (Å²) in [6, 6.07) is 12.1. The van der Waals surface area contributed by atoms with Gasteiger partial charge in [0.1, 0.15) is 5.69 Å². The average molecular weight is 349 g/mol. The van der Waals surface area contributed by atoms with Crippen molar-refractivity contribution >= 4 is 21.8 Å². The fourth-order valence-electron chi connectivity index (χ4n) is 1.99. The lowest BCUT2D eigenvalue weighted by atomic mass is 10.1. The van der Waals surface area contributed by atoms with Crippen molar-refractivity contribution in [2.24, 2.45) is 10.9 Å². The van der Waals surface area contributed by atoms with Gasteiger partial charge in [0.2, 0.25) is 0 Å². The number of rotatable bonds is 5. The number of nitrogens with one attached hydrogen (secondary N) is 1. The molecule has 0 saturated heterocycles. The topological polar surface area (TPSA) is 83.5 Å². The fraction of sp³-hybridized carbons (Fsp3) is 0.200. The zero-order valence-electron chi connectivity index (χ0n) is 11.6. The molecule has 0 radical (unpaired) electrons. The highest BCUT2D eigenvalue weighted by atomic mass is 79.9. The molecule has 21 heavy (non-hydrogen) atoms. The molecule has 0 aliphatic heterocycles. The smallest absolute Gasteiger partial charge is 0.189 e. The standard InChI is InChI=1S/C15H17BrN4O/c1-10(11-4-6-13(16)7-5-11)19-9-12-3-2-8-18-14(12)15(17)20-21/h2-8,10,19,21H,9H2,1H3,(H2,17,20)/t10-/m1/s1. The number of pyridine rings is 1. The van der Waals surface area contributed by atoms with Crippen LogP contribution in [0.1, 0.15) is 29.8 Å². The Morgan fingerprint density at radius 2 is 2.10 bits per heavy atom. The molecule has 0 fully saturated rings. The molecule has 0 spiro atoms. The summed E-state index contributed by atoms with van der Waals surface area (Å²) in [4.78, 5) is 4.15. The molecule has 5 nitrogen and oxygen atoms in total. The number of aromatic nitrogens is 1. The highest BCUT2D eigenvalue weighted by molar-refractivity contribution is 9.10. The van der Waals surface area contributed by atoms with Crippen LogP contribution in [0.5, 0.6) is 0 Å². The molecule has 0 unspecified atom stereocenters. The first-order chi connectivity index (χ1) is 10.1. The van der Waals surface area contributed by atoms with Crippen molar-refractivity contribution in [3.05, 3.63) is 63.9 Å². The van der Waals surface area contributed by atoms with Crippen LogP contribution in [0.3, 0.4) is 0 Å². The van der Waals surface area contributed by atoms with Gasteiger partial charge in [0.25, 0.3) is 0 Å². The number of hydrogen-bond donors (Lipinski definition) is 3. The van der Waals surface area contributed by atoms with Crippen LogP contribution in [0.15, 0.2) is 52.2 Å². The number of hydrogen-bond acceptors (Lipinski definition) is 4. The van der Waals surface area contributed by atoms with E-state index in [4.69, 9.17) is 10.9 Å². The maximum Gasteiger partial charge on any atom is 0.189 e. The van der Waals surface area contributed by atoms with Gasteiger partial charge in [0.05, 0.1) is 0 Å². The highest BCUT2D eigenvalue weighted by Gasteiger charge is 2.10. The third kappa shape index (κ3) is 4.03. The number of oxime groups is 1. The van der Waals surface area contributed by atoms with Gasteiger partial charge in [-0.25, -0.2) is 0 Å². The Morgan fingerprint density at radius 1 is 1.38 bits per heavy atom. The molecule has 1 heterocycles. The first kappa shape index (κ1) is 15.5. The minimum Gasteiger partial charge on any atom is -0.409 e. The first-order valence-corrected chi connectivity index (χ1v) is 7.31. The predicted molar refractivity (Wildman–Crippen MR) is 86.1 cm³/mol. The van der Waals surface area contributed by atoms with Crippen LogP contribution < -0.4 is 11.1 Å². The zero-order valence-corrected chi connectivity index (χ0v) is 13.2. The molecule has 1 atom stereocenters. The Balaban J connectivity index is 2.08. The second-order valence-electron chi connectivity index (χ2n) is 4.65. The molecule has 110 valence electrons. The molecule has 2 rings (SSSR count). The molecule has 0 aliphatic rings. The SMILES string of the molecule is C[C@@H](NCc1cccnc1/C(N)=N/O)c1ccc(Br)cc1. The summed E-state index contributed by atoms with van der Waals surface area (Å²) in [6.07, 6.45) is 1.62. The first-order valence-electron chi connectivity index (χ1n) is 6.52. The summed E-state index contributed by atoms with van der Waals surface area (Å²) in [6.45, 7) is 2.67. The highest BCUT2D eigenvalue weighted by Crippen LogP contribution is 2.17. The maximum absolute atomic E-state index is 8.79. The summed E-state index contributed by atoms with van der Waals surface area (Å²) >= 11 is 3.42. The molecular formula is C15H17BrN4O. The number of nitrogens with two attached hydrogens (primary N) is 1. The van der Waals surface area contributed by atoms with Gasteiger partial charge in [-0.05, 0) is 36.2 Å². The Hall–Kier alpha value is -1.92. The molecule has 2 aromatic rings. The molecule has 4 N–H and O–H groups in total. The molecule has 0 saturated carbocycles. The Labute approximate surface area is 132 Å². The van der Waals surface area contributed by atoms with E-state index in [2.05, 4.69) is 50.4 Å². The third-order valence-electron chi connectivity index (χ3n) is 3.21. The quantitative estimate of drug-likeness (QED) is 0.335. The lowest BCUT2D eigenvalue weighted by molar-refractivity contribution is 0.318. The van der Waals surface area contributed by atoms with Gasteiger partial charge in [0.15, 0.2) is 5.84 Å². The number of nitrogens with zero attached hydrogens (tertiary/aromatic N) is 2. The average Bonchev–Trinajstić information content (AvgIpc) is 2.52. The maximum atomic E-state index is 8.79. The van der Waals surface area contributed by atoms with E-state index in [9.17, 15) is 0 Å². The van der Waals surface area contributed by atoms with E-state index in [1.165, 1.54) is 5.56 Å². The predicted octanol–water partition coefficient (Wildman–Crippen LogP) is 2.79. The summed E-state index contributed by atoms with van der Waals surface area (Å²) in [7, 11) is 0. The third-order valence-corrected chi connectivity index (χ3v) is 3.74. The lowest BCUT2D eigenvalue weighted by Gasteiger charge is -2.15. The van der Waals surface area contributed by atoms with Crippen LogP contribution in [0.25, 0.3) is 0 Å². The van der Waals surface area contributed by atoms with Crippen LogP contribution in [0.2, 0.25) is 0 Å². The number of halogens is 1. The van der Waals surface area contributed by atoms with Crippen LogP contribution >= 0.6 is 15.9 Å². The van der Waals surface area contributed by atoms with Crippen LogP contribution in [0, 0.1) is 0 Å². The zero-order chi connectivity index (χ0) is 15.2. The van der Waals surface area contributed by atoms with E-state index in [0.717, 1.165) is 10.0 Å². The van der Waals surface area contributed by atoms with Crippen LogP contribution in [0.4, 0.5) is 0 Å². The van der Waals surface area contributed by atoms with Gasteiger partial charge in [-0.15, -0.1) is 0 Å². The van der Waals surface area contributed by atoms with Crippen molar-refractivity contribution in [2.45, 2.75) is 19.5 Å². The summed E-state index contributed by atoms with van der Waals surface area (Å²) in [5, 5.41) is 15.2. The van der Waals surface area contributed by atoms with E-state index in [1.54, 1.807) is 6.20 Å². The van der Waals surface area contributed by atoms with E-state index < -0.39 is 0 Å². The van der Waals surface area contributed by atoms with E-state index in [1.807, 2.05) is 24.3 Å². The van der Waals surface area contributed by atoms with Gasteiger partial charge < -0.3 is 16.3 Å². The Morgan fingerprint density at radius 3 is 2.76 bits per heavy atom. The Kier molecular flexibility index (Phi) is 5.30. The van der Waals surface area contributed by atoms with E-state index in [-0.39, 0.29) is 11.9 Å². The van der Waals surface area contributed by atoms with Crippen molar-refractivity contribution in [3.63, 3.8) is 0 Å². The van der Waals surface area contributed by atoms with Gasteiger partial charge in [-0.1, -0.05) is 39.3 Å². The van der Waals surface area contributed by atoms with Crippen molar-refractivity contribution < 1.29 is 5.21 Å². The summed E-state index contributed by atoms with van der Waals surface area (Å²) < 4.78 is 1.06. The molecule has 0 aliphatic carbocycles.